The van der Waals surface area contributed by atoms with E-state index in [2.05, 4.69) is 4.74 Å². The zero-order valence-electron chi connectivity index (χ0n) is 14.0. The Labute approximate surface area is 135 Å². The molecule has 6 heteroatoms. The van der Waals surface area contributed by atoms with E-state index in [0.29, 0.717) is 13.0 Å². The van der Waals surface area contributed by atoms with Crippen LogP contribution in [0.4, 0.5) is 0 Å². The number of carbonyl (C=O) groups excluding carboxylic acids is 1. The Kier molecular flexibility index (Phi) is 7.55. The van der Waals surface area contributed by atoms with Gasteiger partial charge in [0.25, 0.3) is 0 Å². The molecule has 0 saturated heterocycles. The van der Waals surface area contributed by atoms with Crippen molar-refractivity contribution in [2.24, 2.45) is 0 Å². The molecule has 0 aromatic heterocycles. The lowest BCUT2D eigenvalue weighted by molar-refractivity contribution is -0.140. The average molecular weight is 327 g/mol. The third-order valence-corrected chi connectivity index (χ3v) is 5.20. The van der Waals surface area contributed by atoms with Crippen LogP contribution in [0.3, 0.4) is 0 Å². The lowest BCUT2D eigenvalue weighted by Crippen LogP contribution is -2.24. The minimum absolute atomic E-state index is 0.203. The molecule has 0 spiro atoms. The highest BCUT2D eigenvalue weighted by Gasteiger charge is 2.16. The molecule has 1 atom stereocenters. The normalized spacial score (nSPS) is 12.3. The van der Waals surface area contributed by atoms with Gasteiger partial charge in [0.15, 0.2) is 0 Å². The number of benzene rings is 1. The first-order valence-corrected chi connectivity index (χ1v) is 8.36. The molecule has 1 aromatic rings. The summed E-state index contributed by atoms with van der Waals surface area (Å²) < 4.78 is 24.3. The molecule has 0 fully saturated rings. The Hall–Kier alpha value is -1.40. The van der Waals surface area contributed by atoms with Crippen LogP contribution in [0.15, 0.2) is 17.0 Å². The molecule has 1 rings (SSSR count). The van der Waals surface area contributed by atoms with Crippen molar-refractivity contribution in [2.45, 2.75) is 38.0 Å². The summed E-state index contributed by atoms with van der Waals surface area (Å²) in [5.74, 6) is 0.571. The van der Waals surface area contributed by atoms with E-state index >= 15 is 0 Å². The summed E-state index contributed by atoms with van der Waals surface area (Å²) in [4.78, 5) is 11.9. The highest BCUT2D eigenvalue weighted by Crippen LogP contribution is 2.25. The molecule has 0 aliphatic carbocycles. The number of methoxy groups -OCH3 is 2. The summed E-state index contributed by atoms with van der Waals surface area (Å²) >= 11 is 0. The average Bonchev–Trinajstić information content (AvgIpc) is 2.49. The van der Waals surface area contributed by atoms with Crippen LogP contribution < -0.4 is 4.74 Å². The van der Waals surface area contributed by atoms with Crippen LogP contribution in [0, 0.1) is 13.8 Å². The second kappa shape index (κ2) is 8.90. The summed E-state index contributed by atoms with van der Waals surface area (Å²) in [7, 11) is 3.63. The van der Waals surface area contributed by atoms with Crippen LogP contribution in [-0.2, 0) is 20.5 Å². The molecule has 0 saturated carbocycles. The topological polar surface area (TPSA) is 55.8 Å². The quantitative estimate of drug-likeness (QED) is 0.544. The molecule has 0 aliphatic rings. The molecular weight excluding hydrogens is 302 g/mol. The Balaban J connectivity index is 2.65. The fourth-order valence-corrected chi connectivity index (χ4v) is 3.52. The minimum Gasteiger partial charge on any atom is -0.497 e. The highest BCUT2D eigenvalue weighted by molar-refractivity contribution is 7.82. The predicted molar refractivity (Wildman–Crippen MR) is 87.4 cm³/mol. The first-order valence-electron chi connectivity index (χ1n) is 7.25. The monoisotopic (exact) mass is 327 g/mol. The summed E-state index contributed by atoms with van der Waals surface area (Å²) in [6.07, 6.45) is 1.93. The second-order valence-corrected chi connectivity index (χ2v) is 6.75. The molecule has 1 aromatic carbocycles. The number of ether oxygens (including phenoxy) is 2. The van der Waals surface area contributed by atoms with Gasteiger partial charge in [-0.3, -0.25) is 4.79 Å². The molecule has 0 amide bonds. The maximum atomic E-state index is 12.7. The van der Waals surface area contributed by atoms with E-state index in [1.54, 1.807) is 11.4 Å². The SMILES string of the molecule is COC(=O)CCCCN(C)S(=O)c1c(C)cc(OC)cc1C. The van der Waals surface area contributed by atoms with Crippen LogP contribution >= 0.6 is 0 Å². The predicted octanol–water partition coefficient (Wildman–Crippen LogP) is 2.61. The molecule has 0 aliphatic heterocycles. The summed E-state index contributed by atoms with van der Waals surface area (Å²) in [6, 6.07) is 3.79. The number of carbonyl (C=O) groups is 1. The van der Waals surface area contributed by atoms with Crippen molar-refractivity contribution >= 4 is 17.0 Å². The molecule has 1 unspecified atom stereocenters. The Morgan fingerprint density at radius 1 is 1.18 bits per heavy atom. The Morgan fingerprint density at radius 3 is 2.27 bits per heavy atom. The number of rotatable bonds is 8. The standard InChI is InChI=1S/C16H25NO4S/c1-12-10-14(20-4)11-13(2)16(12)22(19)17(3)9-7-6-8-15(18)21-5/h10-11H,6-9H2,1-5H3. The van der Waals surface area contributed by atoms with Gasteiger partial charge < -0.3 is 9.47 Å². The smallest absolute Gasteiger partial charge is 0.305 e. The third-order valence-electron chi connectivity index (χ3n) is 3.46. The van der Waals surface area contributed by atoms with E-state index in [9.17, 15) is 9.00 Å². The van der Waals surface area contributed by atoms with Crippen LogP contribution in [0.1, 0.15) is 30.4 Å². The molecule has 0 radical (unpaired) electrons. The zero-order valence-corrected chi connectivity index (χ0v) is 14.8. The van der Waals surface area contributed by atoms with Crippen LogP contribution in [0.5, 0.6) is 5.75 Å². The van der Waals surface area contributed by atoms with Gasteiger partial charge >= 0.3 is 5.97 Å². The molecule has 5 nitrogen and oxygen atoms in total. The lowest BCUT2D eigenvalue weighted by atomic mass is 10.1. The maximum absolute atomic E-state index is 12.7. The van der Waals surface area contributed by atoms with Gasteiger partial charge in [-0.2, -0.15) is 0 Å². The number of esters is 1. The van der Waals surface area contributed by atoms with Crippen molar-refractivity contribution < 1.29 is 18.5 Å². The van der Waals surface area contributed by atoms with Crippen molar-refractivity contribution in [3.63, 3.8) is 0 Å². The van der Waals surface area contributed by atoms with Gasteiger partial charge in [0.2, 0.25) is 0 Å². The highest BCUT2D eigenvalue weighted by atomic mass is 32.2. The number of unbranched alkanes of at least 4 members (excludes halogenated alkanes) is 1. The lowest BCUT2D eigenvalue weighted by Gasteiger charge is -2.19. The summed E-state index contributed by atoms with van der Waals surface area (Å²) in [5, 5.41) is 0. The maximum Gasteiger partial charge on any atom is 0.305 e. The number of hydrogen-bond donors (Lipinski definition) is 0. The molecule has 0 heterocycles. The largest absolute Gasteiger partial charge is 0.497 e. The fourth-order valence-electron chi connectivity index (χ4n) is 2.25. The minimum atomic E-state index is -1.22. The van der Waals surface area contributed by atoms with Gasteiger partial charge in [-0.05, 0) is 49.9 Å². The summed E-state index contributed by atoms with van der Waals surface area (Å²) in [5.41, 5.74) is 1.91. The van der Waals surface area contributed by atoms with Gasteiger partial charge in [-0.25, -0.2) is 8.51 Å². The van der Waals surface area contributed by atoms with E-state index < -0.39 is 11.0 Å². The summed E-state index contributed by atoms with van der Waals surface area (Å²) in [6.45, 7) is 4.54. The van der Waals surface area contributed by atoms with Gasteiger partial charge in [-0.1, -0.05) is 0 Å². The van der Waals surface area contributed by atoms with Crippen LogP contribution in [-0.4, -0.2) is 42.3 Å². The van der Waals surface area contributed by atoms with E-state index in [0.717, 1.165) is 34.6 Å². The molecular formula is C16H25NO4S. The first kappa shape index (κ1) is 18.6. The van der Waals surface area contributed by atoms with Crippen molar-refractivity contribution in [1.29, 1.82) is 0 Å². The van der Waals surface area contributed by atoms with Crippen molar-refractivity contribution in [1.82, 2.24) is 4.31 Å². The van der Waals surface area contributed by atoms with E-state index in [1.807, 2.05) is 33.0 Å². The Morgan fingerprint density at radius 2 is 1.77 bits per heavy atom. The van der Waals surface area contributed by atoms with E-state index in [1.165, 1.54) is 7.11 Å². The van der Waals surface area contributed by atoms with Gasteiger partial charge in [0.05, 0.1) is 19.1 Å². The fraction of sp³-hybridized carbons (Fsp3) is 0.562. The molecule has 0 N–H and O–H groups in total. The van der Waals surface area contributed by atoms with Gasteiger partial charge in [-0.15, -0.1) is 0 Å². The van der Waals surface area contributed by atoms with E-state index in [-0.39, 0.29) is 5.97 Å². The zero-order chi connectivity index (χ0) is 16.7. The van der Waals surface area contributed by atoms with Gasteiger partial charge in [0.1, 0.15) is 16.7 Å². The third kappa shape index (κ3) is 5.10. The van der Waals surface area contributed by atoms with E-state index in [4.69, 9.17) is 4.74 Å². The van der Waals surface area contributed by atoms with Crippen LogP contribution in [0.25, 0.3) is 0 Å². The number of hydrogen-bond acceptors (Lipinski definition) is 4. The van der Waals surface area contributed by atoms with Crippen molar-refractivity contribution in [2.75, 3.05) is 27.8 Å². The number of aryl methyl sites for hydroxylation is 2. The van der Waals surface area contributed by atoms with Crippen molar-refractivity contribution in [3.8, 4) is 5.75 Å². The molecule has 22 heavy (non-hydrogen) atoms. The van der Waals surface area contributed by atoms with Crippen LogP contribution in [0.2, 0.25) is 0 Å². The van der Waals surface area contributed by atoms with Crippen molar-refractivity contribution in [3.05, 3.63) is 23.3 Å². The molecule has 124 valence electrons. The second-order valence-electron chi connectivity index (χ2n) is 5.22. The Bertz CT molecular complexity index is 522. The number of nitrogens with zero attached hydrogens (tertiary/aromatic N) is 1. The first-order chi connectivity index (χ1) is 10.4. The van der Waals surface area contributed by atoms with Gasteiger partial charge in [0, 0.05) is 20.0 Å². The molecule has 0 bridgehead atoms.